The number of nitrogens with zero attached hydrogens (tertiary/aromatic N) is 1. The molecule has 1 fully saturated rings. The van der Waals surface area contributed by atoms with Gasteiger partial charge in [-0.3, -0.25) is 0 Å². The molecular formula is C16H22N2O. The normalized spacial score (nSPS) is 24.3. The Balaban J connectivity index is 2.04. The molecule has 3 heteroatoms. The summed E-state index contributed by atoms with van der Waals surface area (Å²) >= 11 is 0. The highest BCUT2D eigenvalue weighted by atomic mass is 16.5. The molecule has 1 aliphatic rings. The Morgan fingerprint density at radius 3 is 2.95 bits per heavy atom. The Kier molecular flexibility index (Phi) is 4.68. The SMILES string of the molecule is COc1cccc(NC(C#N)C2CCCC(C)C2)c1. The predicted octanol–water partition coefficient (Wildman–Crippen LogP) is 3.83. The molecule has 1 N–H and O–H groups in total. The fourth-order valence-corrected chi connectivity index (χ4v) is 2.93. The minimum absolute atomic E-state index is 0.102. The van der Waals surface area contributed by atoms with E-state index in [9.17, 15) is 5.26 Å². The van der Waals surface area contributed by atoms with E-state index >= 15 is 0 Å². The molecule has 3 unspecified atom stereocenters. The number of hydrogen-bond acceptors (Lipinski definition) is 3. The van der Waals surface area contributed by atoms with Gasteiger partial charge >= 0.3 is 0 Å². The first-order valence-electron chi connectivity index (χ1n) is 7.03. The van der Waals surface area contributed by atoms with Crippen LogP contribution in [0.3, 0.4) is 0 Å². The number of anilines is 1. The smallest absolute Gasteiger partial charge is 0.120 e. The summed E-state index contributed by atoms with van der Waals surface area (Å²) in [4.78, 5) is 0. The zero-order valence-corrected chi connectivity index (χ0v) is 11.7. The zero-order chi connectivity index (χ0) is 13.7. The average Bonchev–Trinajstić information content (AvgIpc) is 2.45. The summed E-state index contributed by atoms with van der Waals surface area (Å²) in [6, 6.07) is 10.1. The molecule has 0 spiro atoms. The Labute approximate surface area is 115 Å². The van der Waals surface area contributed by atoms with Gasteiger partial charge in [0.05, 0.1) is 13.2 Å². The van der Waals surface area contributed by atoms with Crippen LogP contribution in [0, 0.1) is 23.2 Å². The molecule has 1 aromatic rings. The molecule has 3 nitrogen and oxygen atoms in total. The molecule has 0 saturated heterocycles. The van der Waals surface area contributed by atoms with Crippen LogP contribution >= 0.6 is 0 Å². The largest absolute Gasteiger partial charge is 0.497 e. The maximum Gasteiger partial charge on any atom is 0.120 e. The summed E-state index contributed by atoms with van der Waals surface area (Å²) in [5.74, 6) is 2.01. The van der Waals surface area contributed by atoms with E-state index in [0.29, 0.717) is 5.92 Å². The van der Waals surface area contributed by atoms with Crippen LogP contribution in [0.1, 0.15) is 32.6 Å². The highest BCUT2D eigenvalue weighted by Gasteiger charge is 2.26. The lowest BCUT2D eigenvalue weighted by Crippen LogP contribution is -2.31. The number of hydrogen-bond donors (Lipinski definition) is 1. The Morgan fingerprint density at radius 2 is 2.26 bits per heavy atom. The second kappa shape index (κ2) is 6.47. The van der Waals surface area contributed by atoms with Gasteiger partial charge in [-0.25, -0.2) is 0 Å². The van der Waals surface area contributed by atoms with E-state index in [-0.39, 0.29) is 6.04 Å². The Bertz CT molecular complexity index is 452. The van der Waals surface area contributed by atoms with Crippen LogP contribution in [-0.4, -0.2) is 13.2 Å². The molecule has 1 aliphatic carbocycles. The first-order chi connectivity index (χ1) is 9.22. The van der Waals surface area contributed by atoms with Crippen molar-refractivity contribution < 1.29 is 4.74 Å². The summed E-state index contributed by atoms with van der Waals surface area (Å²) in [5.41, 5.74) is 0.962. The van der Waals surface area contributed by atoms with Crippen molar-refractivity contribution in [3.63, 3.8) is 0 Å². The van der Waals surface area contributed by atoms with E-state index in [1.807, 2.05) is 24.3 Å². The van der Waals surface area contributed by atoms with Gasteiger partial charge in [0.25, 0.3) is 0 Å². The molecule has 0 aromatic heterocycles. The number of nitrogens with one attached hydrogen (secondary N) is 1. The second-order valence-corrected chi connectivity index (χ2v) is 5.51. The third kappa shape index (κ3) is 3.64. The summed E-state index contributed by atoms with van der Waals surface area (Å²) in [6.07, 6.45) is 4.84. The maximum atomic E-state index is 9.41. The van der Waals surface area contributed by atoms with Gasteiger partial charge in [-0.1, -0.05) is 25.8 Å². The van der Waals surface area contributed by atoms with Crippen molar-refractivity contribution in [2.45, 2.75) is 38.6 Å². The summed E-state index contributed by atoms with van der Waals surface area (Å²) in [5, 5.41) is 12.8. The molecule has 0 bridgehead atoms. The van der Waals surface area contributed by atoms with Crippen molar-refractivity contribution >= 4 is 5.69 Å². The molecule has 0 amide bonds. The van der Waals surface area contributed by atoms with Crippen molar-refractivity contribution in [2.75, 3.05) is 12.4 Å². The van der Waals surface area contributed by atoms with Crippen molar-refractivity contribution in [2.24, 2.45) is 11.8 Å². The van der Waals surface area contributed by atoms with Crippen LogP contribution in [0.5, 0.6) is 5.75 Å². The molecule has 0 heterocycles. The minimum atomic E-state index is -0.102. The topological polar surface area (TPSA) is 45.0 Å². The number of methoxy groups -OCH3 is 1. The third-order valence-corrected chi connectivity index (χ3v) is 3.98. The molecule has 1 aromatic carbocycles. The fraction of sp³-hybridized carbons (Fsp3) is 0.562. The van der Waals surface area contributed by atoms with E-state index in [1.54, 1.807) is 7.11 Å². The molecule has 1 saturated carbocycles. The highest BCUT2D eigenvalue weighted by Crippen LogP contribution is 2.32. The van der Waals surface area contributed by atoms with E-state index in [4.69, 9.17) is 4.74 Å². The maximum absolute atomic E-state index is 9.41. The zero-order valence-electron chi connectivity index (χ0n) is 11.7. The second-order valence-electron chi connectivity index (χ2n) is 5.51. The lowest BCUT2D eigenvalue weighted by molar-refractivity contribution is 0.274. The Morgan fingerprint density at radius 1 is 1.42 bits per heavy atom. The predicted molar refractivity (Wildman–Crippen MR) is 77.1 cm³/mol. The quantitative estimate of drug-likeness (QED) is 0.892. The highest BCUT2D eigenvalue weighted by molar-refractivity contribution is 5.49. The first kappa shape index (κ1) is 13.7. The Hall–Kier alpha value is -1.69. The van der Waals surface area contributed by atoms with E-state index < -0.39 is 0 Å². The third-order valence-electron chi connectivity index (χ3n) is 3.98. The molecule has 3 atom stereocenters. The standard InChI is InChI=1S/C16H22N2O/c1-12-5-3-6-13(9-12)16(11-17)18-14-7-4-8-15(10-14)19-2/h4,7-8,10,12-13,16,18H,3,5-6,9H2,1-2H3. The van der Waals surface area contributed by atoms with Crippen LogP contribution in [0.4, 0.5) is 5.69 Å². The fourth-order valence-electron chi connectivity index (χ4n) is 2.93. The van der Waals surface area contributed by atoms with Crippen molar-refractivity contribution in [3.8, 4) is 11.8 Å². The van der Waals surface area contributed by atoms with Gasteiger partial charge in [0.2, 0.25) is 0 Å². The van der Waals surface area contributed by atoms with Gasteiger partial charge in [-0.05, 0) is 36.8 Å². The number of rotatable bonds is 4. The first-order valence-corrected chi connectivity index (χ1v) is 7.03. The molecular weight excluding hydrogens is 236 g/mol. The van der Waals surface area contributed by atoms with Gasteiger partial charge in [0.15, 0.2) is 0 Å². The van der Waals surface area contributed by atoms with Crippen LogP contribution in [0.25, 0.3) is 0 Å². The van der Waals surface area contributed by atoms with Crippen LogP contribution in [-0.2, 0) is 0 Å². The van der Waals surface area contributed by atoms with E-state index in [2.05, 4.69) is 18.3 Å². The minimum Gasteiger partial charge on any atom is -0.497 e. The van der Waals surface area contributed by atoms with Crippen molar-refractivity contribution in [1.29, 1.82) is 5.26 Å². The molecule has 2 rings (SSSR count). The van der Waals surface area contributed by atoms with Crippen molar-refractivity contribution in [1.82, 2.24) is 0 Å². The summed E-state index contributed by atoms with van der Waals surface area (Å²) in [7, 11) is 1.66. The summed E-state index contributed by atoms with van der Waals surface area (Å²) < 4.78 is 5.21. The summed E-state index contributed by atoms with van der Waals surface area (Å²) in [6.45, 7) is 2.28. The molecule has 0 aliphatic heterocycles. The van der Waals surface area contributed by atoms with Crippen LogP contribution in [0.2, 0.25) is 0 Å². The van der Waals surface area contributed by atoms with E-state index in [0.717, 1.165) is 30.2 Å². The van der Waals surface area contributed by atoms with Crippen LogP contribution in [0.15, 0.2) is 24.3 Å². The lowest BCUT2D eigenvalue weighted by atomic mass is 9.79. The monoisotopic (exact) mass is 258 g/mol. The van der Waals surface area contributed by atoms with Gasteiger partial charge in [0.1, 0.15) is 11.8 Å². The lowest BCUT2D eigenvalue weighted by Gasteiger charge is -2.30. The van der Waals surface area contributed by atoms with E-state index in [1.165, 1.54) is 12.8 Å². The van der Waals surface area contributed by atoms with Crippen LogP contribution < -0.4 is 10.1 Å². The van der Waals surface area contributed by atoms with Gasteiger partial charge in [0, 0.05) is 11.8 Å². The number of benzene rings is 1. The number of ether oxygens (including phenoxy) is 1. The molecule has 19 heavy (non-hydrogen) atoms. The van der Waals surface area contributed by atoms with Crippen molar-refractivity contribution in [3.05, 3.63) is 24.3 Å². The number of nitriles is 1. The molecule has 0 radical (unpaired) electrons. The van der Waals surface area contributed by atoms with Gasteiger partial charge < -0.3 is 10.1 Å². The average molecular weight is 258 g/mol. The molecule has 102 valence electrons. The van der Waals surface area contributed by atoms with Gasteiger partial charge in [-0.2, -0.15) is 5.26 Å². The van der Waals surface area contributed by atoms with Gasteiger partial charge in [-0.15, -0.1) is 0 Å².